The van der Waals surface area contributed by atoms with Gasteiger partial charge in [0.05, 0.1) is 11.4 Å². The first-order valence-electron chi connectivity index (χ1n) is 9.19. The smallest absolute Gasteiger partial charge is 0.158 e. The van der Waals surface area contributed by atoms with Crippen LogP contribution in [0.3, 0.4) is 0 Å². The third-order valence-electron chi connectivity index (χ3n) is 5.92. The minimum absolute atomic E-state index is 0.128. The van der Waals surface area contributed by atoms with Crippen LogP contribution in [0.2, 0.25) is 0 Å². The molecule has 130 valence electrons. The maximum absolute atomic E-state index is 5.54. The van der Waals surface area contributed by atoms with Gasteiger partial charge in [-0.15, -0.1) is 0 Å². The van der Waals surface area contributed by atoms with E-state index in [0.29, 0.717) is 6.04 Å². The average molecular weight is 328 g/mol. The molecule has 0 aromatic carbocycles. The van der Waals surface area contributed by atoms with Crippen molar-refractivity contribution in [2.45, 2.75) is 51.0 Å². The summed E-state index contributed by atoms with van der Waals surface area (Å²) in [6.45, 7) is 8.59. The van der Waals surface area contributed by atoms with E-state index in [1.807, 2.05) is 11.7 Å². The van der Waals surface area contributed by atoms with E-state index in [9.17, 15) is 0 Å². The molecule has 5 nitrogen and oxygen atoms in total. The number of pyridine rings is 1. The minimum Gasteiger partial charge on any atom is -0.381 e. The lowest BCUT2D eigenvalue weighted by Gasteiger charge is -2.44. The molecule has 24 heavy (non-hydrogen) atoms. The molecule has 0 N–H and O–H groups in total. The van der Waals surface area contributed by atoms with Gasteiger partial charge >= 0.3 is 0 Å². The van der Waals surface area contributed by atoms with Crippen molar-refractivity contribution in [2.24, 2.45) is 7.05 Å². The summed E-state index contributed by atoms with van der Waals surface area (Å²) in [5.41, 5.74) is 3.41. The molecular formula is C19H28N4O. The number of nitrogens with zero attached hydrogens (tertiary/aromatic N) is 4. The van der Waals surface area contributed by atoms with E-state index in [-0.39, 0.29) is 5.41 Å². The van der Waals surface area contributed by atoms with Gasteiger partial charge in [-0.2, -0.15) is 5.10 Å². The first-order valence-corrected chi connectivity index (χ1v) is 9.19. The molecule has 1 unspecified atom stereocenters. The molecule has 4 heterocycles. The van der Waals surface area contributed by atoms with E-state index in [1.165, 1.54) is 43.3 Å². The van der Waals surface area contributed by atoms with Crippen LogP contribution in [0.25, 0.3) is 11.0 Å². The van der Waals surface area contributed by atoms with E-state index in [4.69, 9.17) is 9.72 Å². The van der Waals surface area contributed by atoms with Crippen molar-refractivity contribution in [3.63, 3.8) is 0 Å². The van der Waals surface area contributed by atoms with E-state index >= 15 is 0 Å². The number of rotatable bonds is 2. The van der Waals surface area contributed by atoms with Gasteiger partial charge in [0.1, 0.15) is 0 Å². The zero-order valence-electron chi connectivity index (χ0n) is 15.1. The molecule has 0 aliphatic carbocycles. The number of hydrogen-bond donors (Lipinski definition) is 0. The zero-order chi connectivity index (χ0) is 16.7. The van der Waals surface area contributed by atoms with Crippen LogP contribution in [0.15, 0.2) is 12.1 Å². The molecule has 5 heteroatoms. The van der Waals surface area contributed by atoms with Gasteiger partial charge in [0.25, 0.3) is 0 Å². The van der Waals surface area contributed by atoms with Gasteiger partial charge in [0.15, 0.2) is 5.65 Å². The van der Waals surface area contributed by atoms with Crippen molar-refractivity contribution >= 4 is 11.0 Å². The predicted molar refractivity (Wildman–Crippen MR) is 95.2 cm³/mol. The second-order valence-corrected chi connectivity index (χ2v) is 7.75. The molecule has 4 rings (SSSR count). The fraction of sp³-hybridized carbons (Fsp3) is 0.684. The summed E-state index contributed by atoms with van der Waals surface area (Å²) < 4.78 is 7.46. The Bertz CT molecular complexity index is 734. The van der Waals surface area contributed by atoms with Gasteiger partial charge in [-0.05, 0) is 51.3 Å². The lowest BCUT2D eigenvalue weighted by Crippen LogP contribution is -2.50. The van der Waals surface area contributed by atoms with Crippen LogP contribution in [0.4, 0.5) is 0 Å². The monoisotopic (exact) mass is 328 g/mol. The van der Waals surface area contributed by atoms with E-state index in [0.717, 1.165) is 31.1 Å². The highest BCUT2D eigenvalue weighted by Gasteiger charge is 2.37. The van der Waals surface area contributed by atoms with Gasteiger partial charge in [-0.3, -0.25) is 9.58 Å². The molecule has 2 fully saturated rings. The Labute approximate surface area is 144 Å². The number of ether oxygens (including phenoxy) is 1. The normalized spacial score (nSPS) is 27.0. The molecule has 0 bridgehead atoms. The summed E-state index contributed by atoms with van der Waals surface area (Å²) in [4.78, 5) is 7.71. The van der Waals surface area contributed by atoms with Gasteiger partial charge in [0.2, 0.25) is 0 Å². The largest absolute Gasteiger partial charge is 0.381 e. The molecule has 0 saturated carbocycles. The Hall–Kier alpha value is -1.46. The Morgan fingerprint density at radius 1 is 1.25 bits per heavy atom. The molecule has 1 atom stereocenters. The SMILES string of the molecule is Cc1nn(C)c2nc(C3(C)CCCN(C4CCOCC4)C3)ccc12. The Kier molecular flexibility index (Phi) is 4.09. The second kappa shape index (κ2) is 6.12. The van der Waals surface area contributed by atoms with Crippen molar-refractivity contribution in [3.8, 4) is 0 Å². The molecule has 0 amide bonds. The Morgan fingerprint density at radius 2 is 2.04 bits per heavy atom. The molecule has 2 saturated heterocycles. The fourth-order valence-corrected chi connectivity index (χ4v) is 4.49. The van der Waals surface area contributed by atoms with Crippen molar-refractivity contribution in [1.29, 1.82) is 0 Å². The van der Waals surface area contributed by atoms with Crippen molar-refractivity contribution in [2.75, 3.05) is 26.3 Å². The number of aromatic nitrogens is 3. The van der Waals surface area contributed by atoms with E-state index < -0.39 is 0 Å². The molecule has 2 aromatic heterocycles. The highest BCUT2D eigenvalue weighted by molar-refractivity contribution is 5.78. The standard InChI is InChI=1S/C19H28N4O/c1-14-16-5-6-17(20-18(16)22(3)21-14)19(2)9-4-10-23(13-19)15-7-11-24-12-8-15/h5-6,15H,4,7-13H2,1-3H3. The van der Waals surface area contributed by atoms with Crippen molar-refractivity contribution in [1.82, 2.24) is 19.7 Å². The summed E-state index contributed by atoms with van der Waals surface area (Å²) in [6.07, 6.45) is 4.80. The van der Waals surface area contributed by atoms with Crippen LogP contribution in [0.5, 0.6) is 0 Å². The van der Waals surface area contributed by atoms with E-state index in [1.54, 1.807) is 0 Å². The van der Waals surface area contributed by atoms with Crippen LogP contribution in [-0.4, -0.2) is 52.0 Å². The lowest BCUT2D eigenvalue weighted by molar-refractivity contribution is 0.0136. The molecule has 0 spiro atoms. The zero-order valence-corrected chi connectivity index (χ0v) is 15.1. The van der Waals surface area contributed by atoms with Gasteiger partial charge in [0, 0.05) is 43.6 Å². The minimum atomic E-state index is 0.128. The van der Waals surface area contributed by atoms with Gasteiger partial charge in [-0.1, -0.05) is 6.92 Å². The third kappa shape index (κ3) is 2.74. The number of piperidine rings is 1. The molecular weight excluding hydrogens is 300 g/mol. The lowest BCUT2D eigenvalue weighted by atomic mass is 9.77. The Morgan fingerprint density at radius 3 is 2.83 bits per heavy atom. The second-order valence-electron chi connectivity index (χ2n) is 7.75. The number of likely N-dealkylation sites (tertiary alicyclic amines) is 1. The number of hydrogen-bond acceptors (Lipinski definition) is 4. The van der Waals surface area contributed by atoms with Crippen molar-refractivity contribution < 1.29 is 4.74 Å². The fourth-order valence-electron chi connectivity index (χ4n) is 4.49. The molecule has 0 radical (unpaired) electrons. The quantitative estimate of drug-likeness (QED) is 0.850. The van der Waals surface area contributed by atoms with Crippen LogP contribution in [0.1, 0.15) is 44.0 Å². The molecule has 2 aromatic rings. The first kappa shape index (κ1) is 16.0. The maximum Gasteiger partial charge on any atom is 0.158 e. The van der Waals surface area contributed by atoms with Gasteiger partial charge in [-0.25, -0.2) is 4.98 Å². The van der Waals surface area contributed by atoms with Gasteiger partial charge < -0.3 is 4.74 Å². The summed E-state index contributed by atoms with van der Waals surface area (Å²) >= 11 is 0. The van der Waals surface area contributed by atoms with Crippen LogP contribution >= 0.6 is 0 Å². The summed E-state index contributed by atoms with van der Waals surface area (Å²) in [6, 6.07) is 5.12. The predicted octanol–water partition coefficient (Wildman–Crippen LogP) is 2.81. The first-order chi connectivity index (χ1) is 11.6. The van der Waals surface area contributed by atoms with Crippen LogP contribution in [0, 0.1) is 6.92 Å². The van der Waals surface area contributed by atoms with Crippen LogP contribution in [-0.2, 0) is 17.2 Å². The highest BCUT2D eigenvalue weighted by Crippen LogP contribution is 2.35. The highest BCUT2D eigenvalue weighted by atomic mass is 16.5. The molecule has 2 aliphatic heterocycles. The maximum atomic E-state index is 5.54. The van der Waals surface area contributed by atoms with Crippen LogP contribution < -0.4 is 0 Å². The average Bonchev–Trinajstić information content (AvgIpc) is 2.90. The van der Waals surface area contributed by atoms with E-state index in [2.05, 4.69) is 36.0 Å². The number of aryl methyl sites for hydroxylation is 2. The molecule has 2 aliphatic rings. The number of fused-ring (bicyclic) bond motifs is 1. The van der Waals surface area contributed by atoms with Crippen molar-refractivity contribution in [3.05, 3.63) is 23.5 Å². The topological polar surface area (TPSA) is 43.2 Å². The Balaban J connectivity index is 1.62. The third-order valence-corrected chi connectivity index (χ3v) is 5.92. The summed E-state index contributed by atoms with van der Waals surface area (Å²) in [5.74, 6) is 0. The summed E-state index contributed by atoms with van der Waals surface area (Å²) in [5, 5.41) is 5.69. The summed E-state index contributed by atoms with van der Waals surface area (Å²) in [7, 11) is 1.99.